The summed E-state index contributed by atoms with van der Waals surface area (Å²) in [7, 11) is 1.68. The van der Waals surface area contributed by atoms with Crippen molar-refractivity contribution in [2.24, 2.45) is 4.99 Å². The van der Waals surface area contributed by atoms with Crippen LogP contribution in [0, 0.1) is 0 Å². The number of hydrogen-bond donors (Lipinski definition) is 0. The van der Waals surface area contributed by atoms with Gasteiger partial charge in [0.25, 0.3) is 0 Å². The highest BCUT2D eigenvalue weighted by Gasteiger charge is 2.09. The topological polar surface area (TPSA) is 21.6 Å². The van der Waals surface area contributed by atoms with Gasteiger partial charge in [-0.05, 0) is 19.1 Å². The predicted molar refractivity (Wildman–Crippen MR) is 60.2 cm³/mol. The van der Waals surface area contributed by atoms with Crippen LogP contribution in [0.1, 0.15) is 6.92 Å². The van der Waals surface area contributed by atoms with Crippen LogP contribution < -0.4 is 0 Å². The first kappa shape index (κ1) is 9.34. The molecule has 3 heteroatoms. The Hall–Kier alpha value is -1.22. The number of methoxy groups -OCH3 is 1. The third-order valence-corrected chi connectivity index (χ3v) is 2.95. The van der Waals surface area contributed by atoms with Crippen molar-refractivity contribution in [3.05, 3.63) is 35.4 Å². The molecule has 1 aliphatic rings. The predicted octanol–water partition coefficient (Wildman–Crippen LogP) is 3.37. The summed E-state index contributed by atoms with van der Waals surface area (Å²) in [5.74, 6) is 0. The summed E-state index contributed by atoms with van der Waals surface area (Å²) < 4.78 is 5.24. The summed E-state index contributed by atoms with van der Waals surface area (Å²) in [6.07, 6.45) is 1.95. The molecule has 0 bridgehead atoms. The van der Waals surface area contributed by atoms with Crippen molar-refractivity contribution in [2.45, 2.75) is 11.8 Å². The lowest BCUT2D eigenvalue weighted by molar-refractivity contribution is 0.325. The average molecular weight is 205 g/mol. The minimum Gasteiger partial charge on any atom is -0.490 e. The number of allylic oxidation sites excluding steroid dienone is 1. The van der Waals surface area contributed by atoms with E-state index in [1.54, 1.807) is 18.9 Å². The molecule has 1 aliphatic heterocycles. The van der Waals surface area contributed by atoms with E-state index in [-0.39, 0.29) is 0 Å². The summed E-state index contributed by atoms with van der Waals surface area (Å²) in [6, 6.07) is 8.07. The van der Waals surface area contributed by atoms with Gasteiger partial charge in [0.1, 0.15) is 0 Å². The fourth-order valence-electron chi connectivity index (χ4n) is 1.27. The van der Waals surface area contributed by atoms with Gasteiger partial charge in [-0.15, -0.1) is 0 Å². The number of ether oxygens (including phenoxy) is 1. The lowest BCUT2D eigenvalue weighted by Gasteiger charge is -2.04. The van der Waals surface area contributed by atoms with E-state index in [0.29, 0.717) is 0 Å². The van der Waals surface area contributed by atoms with Crippen molar-refractivity contribution in [3.8, 4) is 0 Å². The van der Waals surface area contributed by atoms with E-state index in [0.717, 1.165) is 21.4 Å². The largest absolute Gasteiger partial charge is 0.490 e. The maximum atomic E-state index is 5.24. The zero-order valence-electron chi connectivity index (χ0n) is 8.15. The Bertz CT molecular complexity index is 410. The van der Waals surface area contributed by atoms with Crippen molar-refractivity contribution in [1.82, 2.24) is 0 Å². The first-order valence-electron chi connectivity index (χ1n) is 4.37. The van der Waals surface area contributed by atoms with Gasteiger partial charge in [0.05, 0.1) is 12.8 Å². The second-order valence-corrected chi connectivity index (χ2v) is 4.04. The molecule has 72 valence electrons. The molecule has 0 unspecified atom stereocenters. The van der Waals surface area contributed by atoms with Gasteiger partial charge in [-0.3, -0.25) is 4.99 Å². The fraction of sp³-hybridized carbons (Fsp3) is 0.182. The zero-order valence-corrected chi connectivity index (χ0v) is 8.97. The van der Waals surface area contributed by atoms with Gasteiger partial charge in [0.2, 0.25) is 0 Å². The van der Waals surface area contributed by atoms with Crippen LogP contribution in [-0.2, 0) is 4.74 Å². The van der Waals surface area contributed by atoms with Crippen molar-refractivity contribution < 1.29 is 4.74 Å². The van der Waals surface area contributed by atoms with Crippen LogP contribution in [0.15, 0.2) is 45.3 Å². The number of fused-ring (bicyclic) bond motifs is 1. The Morgan fingerprint density at radius 2 is 2.07 bits per heavy atom. The van der Waals surface area contributed by atoms with Gasteiger partial charge < -0.3 is 4.74 Å². The van der Waals surface area contributed by atoms with Crippen LogP contribution in [0.2, 0.25) is 0 Å². The van der Waals surface area contributed by atoms with E-state index in [4.69, 9.17) is 4.74 Å². The third kappa shape index (κ3) is 1.82. The van der Waals surface area contributed by atoms with E-state index in [1.165, 1.54) is 0 Å². The second kappa shape index (κ2) is 3.88. The van der Waals surface area contributed by atoms with Gasteiger partial charge in [0, 0.05) is 16.7 Å². The van der Waals surface area contributed by atoms with E-state index < -0.39 is 0 Å². The highest BCUT2D eigenvalue weighted by molar-refractivity contribution is 8.03. The Morgan fingerprint density at radius 3 is 2.86 bits per heavy atom. The monoisotopic (exact) mass is 205 g/mol. The smallest absolute Gasteiger partial charge is 0.159 e. The molecule has 0 saturated heterocycles. The first-order chi connectivity index (χ1) is 6.79. The number of thioether (sulfide) groups is 1. The standard InChI is InChI=1S/C11H11NOS/c1-8-7-11(13-2)14-10-6-4-3-5-9(10)12-8/h3-7H,1-2H3. The van der Waals surface area contributed by atoms with E-state index in [1.807, 2.05) is 31.2 Å². The summed E-state index contributed by atoms with van der Waals surface area (Å²) in [4.78, 5) is 5.61. The Kier molecular flexibility index (Phi) is 2.59. The molecule has 0 fully saturated rings. The van der Waals surface area contributed by atoms with Gasteiger partial charge in [-0.25, -0.2) is 0 Å². The van der Waals surface area contributed by atoms with Crippen LogP contribution in [0.3, 0.4) is 0 Å². The minimum absolute atomic E-state index is 0.885. The Morgan fingerprint density at radius 1 is 1.29 bits per heavy atom. The van der Waals surface area contributed by atoms with E-state index >= 15 is 0 Å². The van der Waals surface area contributed by atoms with Crippen molar-refractivity contribution in [1.29, 1.82) is 0 Å². The lowest BCUT2D eigenvalue weighted by Crippen LogP contribution is -1.85. The number of hydrogen-bond acceptors (Lipinski definition) is 3. The summed E-state index contributed by atoms with van der Waals surface area (Å²) in [6.45, 7) is 1.97. The highest BCUT2D eigenvalue weighted by Crippen LogP contribution is 2.36. The molecule has 1 heterocycles. The normalized spacial score (nSPS) is 15.0. The maximum absolute atomic E-state index is 5.24. The first-order valence-corrected chi connectivity index (χ1v) is 5.19. The van der Waals surface area contributed by atoms with E-state index in [9.17, 15) is 0 Å². The van der Waals surface area contributed by atoms with Crippen LogP contribution in [0.5, 0.6) is 0 Å². The second-order valence-electron chi connectivity index (χ2n) is 2.99. The molecule has 0 atom stereocenters. The van der Waals surface area contributed by atoms with Crippen LogP contribution >= 0.6 is 11.8 Å². The maximum Gasteiger partial charge on any atom is 0.159 e. The van der Waals surface area contributed by atoms with Crippen LogP contribution in [-0.4, -0.2) is 12.8 Å². The number of nitrogens with zero attached hydrogens (tertiary/aromatic N) is 1. The highest BCUT2D eigenvalue weighted by atomic mass is 32.2. The molecule has 0 spiro atoms. The van der Waals surface area contributed by atoms with Crippen molar-refractivity contribution in [3.63, 3.8) is 0 Å². The molecule has 0 aromatic heterocycles. The fourth-order valence-corrected chi connectivity index (χ4v) is 2.16. The summed E-state index contributed by atoms with van der Waals surface area (Å²) in [5, 5.41) is 0.885. The molecule has 0 saturated carbocycles. The molecule has 1 aromatic carbocycles. The molecular formula is C11H11NOS. The Labute approximate surface area is 87.7 Å². The minimum atomic E-state index is 0.885. The molecule has 0 radical (unpaired) electrons. The number of rotatable bonds is 1. The van der Waals surface area contributed by atoms with Crippen molar-refractivity contribution in [2.75, 3.05) is 7.11 Å². The van der Waals surface area contributed by atoms with Gasteiger partial charge in [0.15, 0.2) is 5.09 Å². The quantitative estimate of drug-likeness (QED) is 0.701. The zero-order chi connectivity index (χ0) is 9.97. The third-order valence-electron chi connectivity index (χ3n) is 1.90. The summed E-state index contributed by atoms with van der Waals surface area (Å²) >= 11 is 1.61. The van der Waals surface area contributed by atoms with Gasteiger partial charge in [-0.2, -0.15) is 0 Å². The number of benzene rings is 1. The molecule has 2 nitrogen and oxygen atoms in total. The lowest BCUT2D eigenvalue weighted by atomic mass is 10.3. The molecule has 14 heavy (non-hydrogen) atoms. The van der Waals surface area contributed by atoms with Gasteiger partial charge in [-0.1, -0.05) is 23.9 Å². The molecule has 1 aromatic rings. The number of para-hydroxylation sites is 1. The van der Waals surface area contributed by atoms with E-state index in [2.05, 4.69) is 11.1 Å². The number of aliphatic imine (C=N–C) groups is 1. The Balaban J connectivity index is 2.48. The SMILES string of the molecule is COC1=CC(C)=Nc2ccccc2S1. The van der Waals surface area contributed by atoms with Crippen LogP contribution in [0.25, 0.3) is 0 Å². The average Bonchev–Trinajstić information content (AvgIpc) is 2.35. The molecule has 0 aliphatic carbocycles. The molecule has 0 amide bonds. The molecule has 0 N–H and O–H groups in total. The summed E-state index contributed by atoms with van der Waals surface area (Å²) in [5.41, 5.74) is 1.98. The van der Waals surface area contributed by atoms with Gasteiger partial charge >= 0.3 is 0 Å². The van der Waals surface area contributed by atoms with Crippen LogP contribution in [0.4, 0.5) is 5.69 Å². The van der Waals surface area contributed by atoms with Crippen molar-refractivity contribution >= 4 is 23.2 Å². The molecular weight excluding hydrogens is 194 g/mol. The molecule has 2 rings (SSSR count).